The largest absolute Gasteiger partial charge is 0.316 e. The summed E-state index contributed by atoms with van der Waals surface area (Å²) in [6.45, 7) is 0. The summed E-state index contributed by atoms with van der Waals surface area (Å²) < 4.78 is 1.65. The highest BCUT2D eigenvalue weighted by molar-refractivity contribution is 7.98. The number of hydrogen-bond donors (Lipinski definition) is 1. The third kappa shape index (κ3) is 3.13. The summed E-state index contributed by atoms with van der Waals surface area (Å²) in [4.78, 5) is 13.6. The second kappa shape index (κ2) is 6.86. The predicted molar refractivity (Wildman–Crippen MR) is 99.7 cm³/mol. The molecular weight excluding hydrogens is 354 g/mol. The quantitative estimate of drug-likeness (QED) is 0.762. The number of para-hydroxylation sites is 1. The second-order valence-electron chi connectivity index (χ2n) is 5.80. The molecule has 0 fully saturated rings. The number of fused-ring (bicyclic) bond motifs is 2. The van der Waals surface area contributed by atoms with Gasteiger partial charge in [0.25, 0.3) is 0 Å². The van der Waals surface area contributed by atoms with Gasteiger partial charge in [0.05, 0.1) is 11.3 Å². The van der Waals surface area contributed by atoms with Gasteiger partial charge in [0.15, 0.2) is 0 Å². The first-order valence-electron chi connectivity index (χ1n) is 8.04. The number of nitrogens with zero attached hydrogens (tertiary/aromatic N) is 4. The van der Waals surface area contributed by atoms with E-state index in [-0.39, 0.29) is 11.7 Å². The Hall–Kier alpha value is -2.37. The van der Waals surface area contributed by atoms with E-state index in [9.17, 15) is 10.1 Å². The standard InChI is InChI=1S/C17H15N5OS2/c18-9-12-11-5-1-4-8-15(11)25-17(12)19-16(23)10-24-22-14-7-3-2-6-13(14)20-21-22/h2-3,6-7H,1,4-5,8,10H2,(H,19,23). The first-order chi connectivity index (χ1) is 12.3. The minimum Gasteiger partial charge on any atom is -0.316 e. The Morgan fingerprint density at radius 3 is 3.08 bits per heavy atom. The maximum atomic E-state index is 12.3. The molecule has 6 nitrogen and oxygen atoms in total. The number of nitrogens with one attached hydrogen (secondary N) is 1. The van der Waals surface area contributed by atoms with E-state index in [2.05, 4.69) is 21.7 Å². The van der Waals surface area contributed by atoms with E-state index < -0.39 is 0 Å². The molecule has 4 rings (SSSR count). The van der Waals surface area contributed by atoms with Gasteiger partial charge in [-0.3, -0.25) is 4.79 Å². The van der Waals surface area contributed by atoms with Crippen LogP contribution in [0.4, 0.5) is 5.00 Å². The number of nitriles is 1. The molecule has 0 bridgehead atoms. The van der Waals surface area contributed by atoms with Gasteiger partial charge in [-0.2, -0.15) is 9.35 Å². The third-order valence-electron chi connectivity index (χ3n) is 4.18. The van der Waals surface area contributed by atoms with Crippen LogP contribution in [0.3, 0.4) is 0 Å². The maximum Gasteiger partial charge on any atom is 0.236 e. The minimum absolute atomic E-state index is 0.139. The van der Waals surface area contributed by atoms with E-state index in [1.165, 1.54) is 16.8 Å². The van der Waals surface area contributed by atoms with Crippen molar-refractivity contribution in [1.82, 2.24) is 14.4 Å². The Kier molecular flexibility index (Phi) is 4.42. The molecular formula is C17H15N5OS2. The van der Waals surface area contributed by atoms with Crippen molar-refractivity contribution in [1.29, 1.82) is 5.26 Å². The summed E-state index contributed by atoms with van der Waals surface area (Å²) >= 11 is 2.83. The van der Waals surface area contributed by atoms with Gasteiger partial charge in [-0.15, -0.1) is 16.4 Å². The van der Waals surface area contributed by atoms with Crippen LogP contribution in [0, 0.1) is 11.3 Å². The van der Waals surface area contributed by atoms with Gasteiger partial charge in [-0.1, -0.05) is 17.3 Å². The van der Waals surface area contributed by atoms with Gasteiger partial charge in [0.1, 0.15) is 22.1 Å². The molecule has 8 heteroatoms. The zero-order valence-corrected chi connectivity index (χ0v) is 15.0. The predicted octanol–water partition coefficient (Wildman–Crippen LogP) is 3.38. The fraction of sp³-hybridized carbons (Fsp3) is 0.294. The third-order valence-corrected chi connectivity index (χ3v) is 6.29. The van der Waals surface area contributed by atoms with Crippen LogP contribution in [0.25, 0.3) is 11.0 Å². The Balaban J connectivity index is 1.46. The molecule has 1 amide bonds. The first-order valence-corrected chi connectivity index (χ1v) is 9.80. The van der Waals surface area contributed by atoms with Gasteiger partial charge in [0, 0.05) is 4.88 Å². The van der Waals surface area contributed by atoms with Crippen LogP contribution >= 0.6 is 23.3 Å². The SMILES string of the molecule is N#Cc1c(NC(=O)CSn2nnc3ccccc32)sc2c1CCCC2. The van der Waals surface area contributed by atoms with E-state index in [1.54, 1.807) is 15.4 Å². The van der Waals surface area contributed by atoms with E-state index in [4.69, 9.17) is 0 Å². The summed E-state index contributed by atoms with van der Waals surface area (Å²) in [5.74, 6) is 0.0699. The highest BCUT2D eigenvalue weighted by atomic mass is 32.2. The number of rotatable bonds is 4. The smallest absolute Gasteiger partial charge is 0.236 e. The normalized spacial score (nSPS) is 13.4. The van der Waals surface area contributed by atoms with Crippen molar-refractivity contribution in [3.63, 3.8) is 0 Å². The second-order valence-corrected chi connectivity index (χ2v) is 7.80. The average Bonchev–Trinajstić information content (AvgIpc) is 3.20. The van der Waals surface area contributed by atoms with Crippen molar-refractivity contribution in [2.24, 2.45) is 0 Å². The molecule has 0 aliphatic heterocycles. The van der Waals surface area contributed by atoms with Crippen LogP contribution < -0.4 is 5.32 Å². The first kappa shape index (κ1) is 16.1. The summed E-state index contributed by atoms with van der Waals surface area (Å²) in [7, 11) is 0. The van der Waals surface area contributed by atoms with Crippen LogP contribution in [-0.2, 0) is 17.6 Å². The van der Waals surface area contributed by atoms with E-state index in [0.29, 0.717) is 10.6 Å². The lowest BCUT2D eigenvalue weighted by molar-refractivity contribution is -0.113. The molecule has 1 aliphatic carbocycles. The number of anilines is 1. The average molecular weight is 369 g/mol. The maximum absolute atomic E-state index is 12.3. The molecule has 0 atom stereocenters. The molecule has 0 saturated carbocycles. The fourth-order valence-corrected chi connectivity index (χ4v) is 4.95. The number of aryl methyl sites for hydroxylation is 1. The van der Waals surface area contributed by atoms with Gasteiger partial charge >= 0.3 is 0 Å². The van der Waals surface area contributed by atoms with Crippen molar-refractivity contribution in [3.05, 3.63) is 40.3 Å². The fourth-order valence-electron chi connectivity index (χ4n) is 3.00. The number of carbonyl (C=O) groups excluding carboxylic acids is 1. The van der Waals surface area contributed by atoms with Crippen molar-refractivity contribution < 1.29 is 4.79 Å². The lowest BCUT2D eigenvalue weighted by Gasteiger charge is -2.09. The van der Waals surface area contributed by atoms with Gasteiger partial charge < -0.3 is 5.32 Å². The minimum atomic E-state index is -0.139. The van der Waals surface area contributed by atoms with Gasteiger partial charge in [-0.05, 0) is 55.3 Å². The molecule has 0 saturated heterocycles. The number of aromatic nitrogens is 3. The van der Waals surface area contributed by atoms with E-state index in [0.717, 1.165) is 42.3 Å². The van der Waals surface area contributed by atoms with E-state index in [1.807, 2.05) is 24.3 Å². The molecule has 126 valence electrons. The van der Waals surface area contributed by atoms with Crippen molar-refractivity contribution in [2.75, 3.05) is 11.1 Å². The number of hydrogen-bond acceptors (Lipinski definition) is 6. The summed E-state index contributed by atoms with van der Waals surface area (Å²) in [6.07, 6.45) is 4.20. The topological polar surface area (TPSA) is 83.6 Å². The zero-order chi connectivity index (χ0) is 17.2. The monoisotopic (exact) mass is 369 g/mol. The van der Waals surface area contributed by atoms with Crippen molar-refractivity contribution in [3.8, 4) is 6.07 Å². The molecule has 0 radical (unpaired) electrons. The van der Waals surface area contributed by atoms with Gasteiger partial charge in [-0.25, -0.2) is 0 Å². The van der Waals surface area contributed by atoms with Crippen molar-refractivity contribution in [2.45, 2.75) is 25.7 Å². The Morgan fingerprint density at radius 1 is 1.36 bits per heavy atom. The zero-order valence-electron chi connectivity index (χ0n) is 13.4. The number of benzene rings is 1. The van der Waals surface area contributed by atoms with Crippen LogP contribution in [0.2, 0.25) is 0 Å². The summed E-state index contributed by atoms with van der Waals surface area (Å²) in [5.41, 5.74) is 3.45. The molecule has 0 spiro atoms. The van der Waals surface area contributed by atoms with E-state index >= 15 is 0 Å². The highest BCUT2D eigenvalue weighted by Gasteiger charge is 2.21. The van der Waals surface area contributed by atoms with Gasteiger partial charge in [0.2, 0.25) is 5.91 Å². The molecule has 25 heavy (non-hydrogen) atoms. The van der Waals surface area contributed by atoms with Crippen LogP contribution in [0.1, 0.15) is 28.8 Å². The highest BCUT2D eigenvalue weighted by Crippen LogP contribution is 2.37. The lowest BCUT2D eigenvalue weighted by atomic mass is 9.96. The summed E-state index contributed by atoms with van der Waals surface area (Å²) in [5, 5.41) is 21.2. The Bertz CT molecular complexity index is 985. The molecule has 1 N–H and O–H groups in total. The van der Waals surface area contributed by atoms with Crippen LogP contribution in [-0.4, -0.2) is 26.1 Å². The molecule has 3 aromatic rings. The number of amides is 1. The molecule has 1 aromatic carbocycles. The molecule has 2 heterocycles. The molecule has 0 unspecified atom stereocenters. The van der Waals surface area contributed by atoms with Crippen LogP contribution in [0.15, 0.2) is 24.3 Å². The Morgan fingerprint density at radius 2 is 2.20 bits per heavy atom. The van der Waals surface area contributed by atoms with Crippen LogP contribution in [0.5, 0.6) is 0 Å². The Labute approximate surface area is 153 Å². The molecule has 2 aromatic heterocycles. The lowest BCUT2D eigenvalue weighted by Crippen LogP contribution is -2.15. The number of thiophene rings is 1. The summed E-state index contributed by atoms with van der Waals surface area (Å²) in [6, 6.07) is 9.88. The van der Waals surface area contributed by atoms with Crippen molar-refractivity contribution >= 4 is 45.2 Å². The molecule has 1 aliphatic rings. The number of carbonyl (C=O) groups is 1.